The molecule has 1 aromatic heterocycles. The minimum absolute atomic E-state index is 0.305. The average Bonchev–Trinajstić information content (AvgIpc) is 2.85. The number of nitrogens with zero attached hydrogens (tertiary/aromatic N) is 1. The summed E-state index contributed by atoms with van der Waals surface area (Å²) in [6.07, 6.45) is 0. The van der Waals surface area contributed by atoms with E-state index < -0.39 is 5.97 Å². The van der Waals surface area contributed by atoms with Crippen molar-refractivity contribution in [1.82, 2.24) is 0 Å². The summed E-state index contributed by atoms with van der Waals surface area (Å²) in [6.45, 7) is 1.85. The first-order valence-electron chi connectivity index (χ1n) is 5.50. The molecule has 0 N–H and O–H groups in total. The standard InChI is InChI=1S/C14H11NO3S/c1-9-5-6-19-13(9)14(16)18-11-4-3-10(8-15)7-12(11)17-2/h3-7H,1-2H3. The Hall–Kier alpha value is -2.32. The van der Waals surface area contributed by atoms with Crippen LogP contribution in [0.5, 0.6) is 11.5 Å². The summed E-state index contributed by atoms with van der Waals surface area (Å²) >= 11 is 1.33. The first-order chi connectivity index (χ1) is 9.15. The Morgan fingerprint density at radius 1 is 1.32 bits per heavy atom. The van der Waals surface area contributed by atoms with Crippen LogP contribution in [0.3, 0.4) is 0 Å². The molecule has 0 bridgehead atoms. The molecule has 4 nitrogen and oxygen atoms in total. The van der Waals surface area contributed by atoms with Gasteiger partial charge in [-0.1, -0.05) is 0 Å². The molecule has 0 aliphatic rings. The lowest BCUT2D eigenvalue weighted by molar-refractivity contribution is 0.0734. The SMILES string of the molecule is COc1cc(C#N)ccc1OC(=O)c1sccc1C. The van der Waals surface area contributed by atoms with Gasteiger partial charge in [0.2, 0.25) is 0 Å². The van der Waals surface area contributed by atoms with Crippen LogP contribution >= 0.6 is 11.3 Å². The molecule has 0 aliphatic carbocycles. The van der Waals surface area contributed by atoms with Crippen LogP contribution in [-0.2, 0) is 0 Å². The number of esters is 1. The normalized spacial score (nSPS) is 9.74. The van der Waals surface area contributed by atoms with E-state index in [2.05, 4.69) is 0 Å². The molecule has 0 saturated carbocycles. The Labute approximate surface area is 114 Å². The first-order valence-corrected chi connectivity index (χ1v) is 6.38. The van der Waals surface area contributed by atoms with Crippen LogP contribution in [0.2, 0.25) is 0 Å². The smallest absolute Gasteiger partial charge is 0.354 e. The molecule has 1 aromatic carbocycles. The third kappa shape index (κ3) is 2.75. The molecule has 0 amide bonds. The Bertz CT molecular complexity index is 655. The summed E-state index contributed by atoms with van der Waals surface area (Å²) in [4.78, 5) is 12.5. The molecular weight excluding hydrogens is 262 g/mol. The molecule has 0 spiro atoms. The largest absolute Gasteiger partial charge is 0.493 e. The predicted octanol–water partition coefficient (Wildman–Crippen LogP) is 3.16. The molecule has 2 aromatic rings. The summed E-state index contributed by atoms with van der Waals surface area (Å²) in [6, 6.07) is 8.52. The van der Waals surface area contributed by atoms with Gasteiger partial charge >= 0.3 is 5.97 Å². The second kappa shape index (κ2) is 5.55. The van der Waals surface area contributed by atoms with Crippen molar-refractivity contribution in [2.75, 3.05) is 7.11 Å². The number of rotatable bonds is 3. The Morgan fingerprint density at radius 3 is 2.68 bits per heavy atom. The van der Waals surface area contributed by atoms with Crippen molar-refractivity contribution in [2.24, 2.45) is 0 Å². The number of aryl methyl sites for hydroxylation is 1. The number of carbonyl (C=O) groups excluding carboxylic acids is 1. The van der Waals surface area contributed by atoms with E-state index in [0.29, 0.717) is 21.9 Å². The zero-order valence-electron chi connectivity index (χ0n) is 10.5. The predicted molar refractivity (Wildman–Crippen MR) is 71.7 cm³/mol. The van der Waals surface area contributed by atoms with Crippen LogP contribution in [0.4, 0.5) is 0 Å². The van der Waals surface area contributed by atoms with Crippen molar-refractivity contribution in [1.29, 1.82) is 5.26 Å². The van der Waals surface area contributed by atoms with E-state index >= 15 is 0 Å². The highest BCUT2D eigenvalue weighted by Crippen LogP contribution is 2.29. The number of ether oxygens (including phenoxy) is 2. The zero-order chi connectivity index (χ0) is 13.8. The van der Waals surface area contributed by atoms with Crippen LogP contribution in [0.25, 0.3) is 0 Å². The van der Waals surface area contributed by atoms with Gasteiger partial charge in [-0.15, -0.1) is 11.3 Å². The third-order valence-corrected chi connectivity index (χ3v) is 3.54. The second-order valence-corrected chi connectivity index (χ2v) is 4.72. The van der Waals surface area contributed by atoms with Crippen molar-refractivity contribution < 1.29 is 14.3 Å². The van der Waals surface area contributed by atoms with Gasteiger partial charge in [0.1, 0.15) is 4.88 Å². The molecule has 1 heterocycles. The van der Waals surface area contributed by atoms with E-state index in [-0.39, 0.29) is 0 Å². The highest BCUT2D eigenvalue weighted by atomic mass is 32.1. The quantitative estimate of drug-likeness (QED) is 0.636. The maximum absolute atomic E-state index is 12.0. The number of hydrogen-bond donors (Lipinski definition) is 0. The molecule has 5 heteroatoms. The summed E-state index contributed by atoms with van der Waals surface area (Å²) in [5.41, 5.74) is 1.33. The fourth-order valence-corrected chi connectivity index (χ4v) is 2.35. The maximum Gasteiger partial charge on any atom is 0.354 e. The lowest BCUT2D eigenvalue weighted by Gasteiger charge is -2.08. The number of methoxy groups -OCH3 is 1. The molecule has 0 atom stereocenters. The first kappa shape index (κ1) is 13.1. The number of carbonyl (C=O) groups is 1. The fraction of sp³-hybridized carbons (Fsp3) is 0.143. The van der Waals surface area contributed by atoms with E-state index in [1.165, 1.54) is 24.5 Å². The van der Waals surface area contributed by atoms with Crippen LogP contribution in [0.1, 0.15) is 20.8 Å². The van der Waals surface area contributed by atoms with Crippen LogP contribution in [0.15, 0.2) is 29.6 Å². The molecule has 96 valence electrons. The van der Waals surface area contributed by atoms with Crippen molar-refractivity contribution in [3.63, 3.8) is 0 Å². The van der Waals surface area contributed by atoms with Crippen molar-refractivity contribution in [3.05, 3.63) is 45.6 Å². The highest BCUT2D eigenvalue weighted by Gasteiger charge is 2.15. The van der Waals surface area contributed by atoms with Crippen LogP contribution in [0, 0.1) is 18.3 Å². The Morgan fingerprint density at radius 2 is 2.11 bits per heavy atom. The van der Waals surface area contributed by atoms with E-state index in [4.69, 9.17) is 14.7 Å². The van der Waals surface area contributed by atoms with Crippen molar-refractivity contribution in [3.8, 4) is 17.6 Å². The minimum Gasteiger partial charge on any atom is -0.493 e. The monoisotopic (exact) mass is 273 g/mol. The second-order valence-electron chi connectivity index (χ2n) is 3.80. The number of benzene rings is 1. The van der Waals surface area contributed by atoms with Gasteiger partial charge in [-0.2, -0.15) is 5.26 Å². The van der Waals surface area contributed by atoms with Gasteiger partial charge in [0.15, 0.2) is 11.5 Å². The summed E-state index contributed by atoms with van der Waals surface area (Å²) in [7, 11) is 1.46. The van der Waals surface area contributed by atoms with E-state index in [1.807, 2.05) is 24.4 Å². The molecule has 0 fully saturated rings. The molecular formula is C14H11NO3S. The number of nitriles is 1. The third-order valence-electron chi connectivity index (χ3n) is 2.54. The van der Waals surface area contributed by atoms with Gasteiger partial charge in [-0.3, -0.25) is 0 Å². The summed E-state index contributed by atoms with van der Waals surface area (Å²) < 4.78 is 10.4. The number of hydrogen-bond acceptors (Lipinski definition) is 5. The summed E-state index contributed by atoms with van der Waals surface area (Å²) in [5.74, 6) is 0.247. The molecule has 2 rings (SSSR count). The molecule has 0 radical (unpaired) electrons. The zero-order valence-corrected chi connectivity index (χ0v) is 11.3. The Balaban J connectivity index is 2.27. The molecule has 0 aliphatic heterocycles. The molecule has 0 unspecified atom stereocenters. The van der Waals surface area contributed by atoms with Gasteiger partial charge < -0.3 is 9.47 Å². The summed E-state index contributed by atoms with van der Waals surface area (Å²) in [5, 5.41) is 10.6. The van der Waals surface area contributed by atoms with Gasteiger partial charge in [-0.25, -0.2) is 4.79 Å². The highest BCUT2D eigenvalue weighted by molar-refractivity contribution is 7.12. The lowest BCUT2D eigenvalue weighted by atomic mass is 10.2. The van der Waals surface area contributed by atoms with E-state index in [9.17, 15) is 4.79 Å². The average molecular weight is 273 g/mol. The van der Waals surface area contributed by atoms with Crippen LogP contribution in [-0.4, -0.2) is 13.1 Å². The van der Waals surface area contributed by atoms with Crippen LogP contribution < -0.4 is 9.47 Å². The van der Waals surface area contributed by atoms with Crippen molar-refractivity contribution in [2.45, 2.75) is 6.92 Å². The maximum atomic E-state index is 12.0. The topological polar surface area (TPSA) is 59.3 Å². The Kier molecular flexibility index (Phi) is 3.83. The van der Waals surface area contributed by atoms with E-state index in [1.54, 1.807) is 12.1 Å². The van der Waals surface area contributed by atoms with Gasteiger partial charge in [0.25, 0.3) is 0 Å². The number of thiophene rings is 1. The minimum atomic E-state index is -0.421. The van der Waals surface area contributed by atoms with Gasteiger partial charge in [0, 0.05) is 6.07 Å². The van der Waals surface area contributed by atoms with Gasteiger partial charge in [0.05, 0.1) is 18.7 Å². The molecule has 19 heavy (non-hydrogen) atoms. The molecule has 0 saturated heterocycles. The van der Waals surface area contributed by atoms with Crippen molar-refractivity contribution >= 4 is 17.3 Å². The van der Waals surface area contributed by atoms with Gasteiger partial charge in [-0.05, 0) is 36.1 Å². The van der Waals surface area contributed by atoms with E-state index in [0.717, 1.165) is 5.56 Å². The fourth-order valence-electron chi connectivity index (χ4n) is 1.55. The lowest BCUT2D eigenvalue weighted by Crippen LogP contribution is -2.08.